The third kappa shape index (κ3) is 4.03. The summed E-state index contributed by atoms with van der Waals surface area (Å²) in [6.45, 7) is 0. The normalized spacial score (nSPS) is 11.4. The van der Waals surface area contributed by atoms with E-state index in [2.05, 4.69) is 24.3 Å². The van der Waals surface area contributed by atoms with Gasteiger partial charge in [0.2, 0.25) is 0 Å². The monoisotopic (exact) mass is 449 g/mol. The standard InChI is InChI=1S/C26H15N3O3S/c27-15-19(14-21-12-13-25(32-21)18-8-10-20(11-9-18)29(30)31)26-28-24(16-33-26)23-7-3-5-17-4-1-2-6-22(17)23/h1-14,16H. The molecule has 5 aromatic rings. The van der Waals surface area contributed by atoms with Crippen molar-refractivity contribution in [2.75, 3.05) is 0 Å². The lowest BCUT2D eigenvalue weighted by molar-refractivity contribution is -0.384. The van der Waals surface area contributed by atoms with Crippen LogP contribution in [0.2, 0.25) is 0 Å². The number of rotatable bonds is 5. The topological polar surface area (TPSA) is 93.0 Å². The SMILES string of the molecule is N#CC(=Cc1ccc(-c2ccc([N+](=O)[O-])cc2)o1)c1nc(-c2cccc3ccccc23)cs1. The van der Waals surface area contributed by atoms with Crippen molar-refractivity contribution in [1.82, 2.24) is 4.98 Å². The summed E-state index contributed by atoms with van der Waals surface area (Å²) in [6.07, 6.45) is 1.65. The van der Waals surface area contributed by atoms with E-state index in [1.807, 2.05) is 29.6 Å². The molecule has 0 saturated carbocycles. The number of nitrogens with zero attached hydrogens (tertiary/aromatic N) is 3. The van der Waals surface area contributed by atoms with Crippen molar-refractivity contribution in [3.05, 3.63) is 105 Å². The Hall–Kier alpha value is -4.54. The van der Waals surface area contributed by atoms with Gasteiger partial charge < -0.3 is 4.42 Å². The van der Waals surface area contributed by atoms with E-state index in [0.29, 0.717) is 27.7 Å². The Kier molecular flexibility index (Phi) is 5.27. The quantitative estimate of drug-likeness (QED) is 0.161. The van der Waals surface area contributed by atoms with Gasteiger partial charge >= 0.3 is 0 Å². The highest BCUT2D eigenvalue weighted by Gasteiger charge is 2.13. The third-order valence-electron chi connectivity index (χ3n) is 5.20. The molecule has 0 unspecified atom stereocenters. The highest BCUT2D eigenvalue weighted by molar-refractivity contribution is 7.11. The number of furan rings is 1. The molecule has 0 amide bonds. The molecule has 0 aliphatic rings. The molecule has 0 saturated heterocycles. The van der Waals surface area contributed by atoms with Gasteiger partial charge in [-0.1, -0.05) is 42.5 Å². The fourth-order valence-corrected chi connectivity index (χ4v) is 4.37. The third-order valence-corrected chi connectivity index (χ3v) is 6.07. The first-order valence-electron chi connectivity index (χ1n) is 10.0. The van der Waals surface area contributed by atoms with E-state index >= 15 is 0 Å². The number of nitro groups is 1. The van der Waals surface area contributed by atoms with Gasteiger partial charge in [0.05, 0.1) is 16.2 Å². The highest BCUT2D eigenvalue weighted by atomic mass is 32.1. The van der Waals surface area contributed by atoms with Gasteiger partial charge in [-0.2, -0.15) is 5.26 Å². The van der Waals surface area contributed by atoms with Gasteiger partial charge in [0, 0.05) is 34.7 Å². The number of fused-ring (bicyclic) bond motifs is 1. The summed E-state index contributed by atoms with van der Waals surface area (Å²) in [6, 6.07) is 26.1. The second-order valence-corrected chi connectivity index (χ2v) is 8.10. The molecule has 5 rings (SSSR count). The first-order chi connectivity index (χ1) is 16.1. The Morgan fingerprint density at radius 1 is 1.03 bits per heavy atom. The molecule has 0 aliphatic heterocycles. The maximum Gasteiger partial charge on any atom is 0.269 e. The van der Waals surface area contributed by atoms with Crippen LogP contribution in [0, 0.1) is 21.4 Å². The van der Waals surface area contributed by atoms with E-state index < -0.39 is 4.92 Å². The van der Waals surface area contributed by atoms with Gasteiger partial charge in [0.25, 0.3) is 5.69 Å². The summed E-state index contributed by atoms with van der Waals surface area (Å²) in [4.78, 5) is 15.1. The van der Waals surface area contributed by atoms with E-state index in [4.69, 9.17) is 9.40 Å². The minimum Gasteiger partial charge on any atom is -0.457 e. The van der Waals surface area contributed by atoms with Crippen LogP contribution in [0.5, 0.6) is 0 Å². The minimum atomic E-state index is -0.445. The number of allylic oxidation sites excluding steroid dienone is 1. The molecular formula is C26H15N3O3S. The van der Waals surface area contributed by atoms with Crippen LogP contribution in [0.15, 0.2) is 88.7 Å². The van der Waals surface area contributed by atoms with Crippen molar-refractivity contribution < 1.29 is 9.34 Å². The average Bonchev–Trinajstić information content (AvgIpc) is 3.52. The molecule has 6 nitrogen and oxygen atoms in total. The molecule has 0 bridgehead atoms. The Labute approximate surface area is 192 Å². The summed E-state index contributed by atoms with van der Waals surface area (Å²) in [7, 11) is 0. The van der Waals surface area contributed by atoms with Crippen molar-refractivity contribution in [2.24, 2.45) is 0 Å². The van der Waals surface area contributed by atoms with Crippen molar-refractivity contribution >= 4 is 39.4 Å². The second-order valence-electron chi connectivity index (χ2n) is 7.24. The van der Waals surface area contributed by atoms with Crippen LogP contribution in [-0.2, 0) is 0 Å². The number of hydrogen-bond acceptors (Lipinski definition) is 6. The van der Waals surface area contributed by atoms with Crippen molar-refractivity contribution in [3.63, 3.8) is 0 Å². The van der Waals surface area contributed by atoms with Crippen molar-refractivity contribution in [1.29, 1.82) is 5.26 Å². The predicted molar refractivity (Wildman–Crippen MR) is 129 cm³/mol. The van der Waals surface area contributed by atoms with Crippen LogP contribution in [0.3, 0.4) is 0 Å². The smallest absolute Gasteiger partial charge is 0.269 e. The van der Waals surface area contributed by atoms with E-state index in [9.17, 15) is 15.4 Å². The maximum absolute atomic E-state index is 10.8. The highest BCUT2D eigenvalue weighted by Crippen LogP contribution is 2.32. The van der Waals surface area contributed by atoms with E-state index in [0.717, 1.165) is 22.0 Å². The average molecular weight is 449 g/mol. The maximum atomic E-state index is 10.8. The molecule has 0 atom stereocenters. The number of hydrogen-bond donors (Lipinski definition) is 0. The fraction of sp³-hybridized carbons (Fsp3) is 0. The van der Waals surface area contributed by atoms with E-state index in [1.165, 1.54) is 23.5 Å². The van der Waals surface area contributed by atoms with Gasteiger partial charge in [-0.15, -0.1) is 11.3 Å². The fourth-order valence-electron chi connectivity index (χ4n) is 3.59. The predicted octanol–water partition coefficient (Wildman–Crippen LogP) is 7.20. The summed E-state index contributed by atoms with van der Waals surface area (Å²) < 4.78 is 5.85. The second kappa shape index (κ2) is 8.54. The summed E-state index contributed by atoms with van der Waals surface area (Å²) in [5.41, 5.74) is 2.97. The van der Waals surface area contributed by atoms with Crippen molar-refractivity contribution in [3.8, 4) is 28.7 Å². The lowest BCUT2D eigenvalue weighted by atomic mass is 10.0. The van der Waals surface area contributed by atoms with Gasteiger partial charge in [-0.25, -0.2) is 4.98 Å². The summed E-state index contributed by atoms with van der Waals surface area (Å²) >= 11 is 1.40. The van der Waals surface area contributed by atoms with Crippen LogP contribution in [0.25, 0.3) is 45.0 Å². The number of benzene rings is 3. The zero-order valence-electron chi connectivity index (χ0n) is 17.1. The molecule has 2 heterocycles. The molecule has 0 fully saturated rings. The van der Waals surface area contributed by atoms with Crippen molar-refractivity contribution in [2.45, 2.75) is 0 Å². The minimum absolute atomic E-state index is 0.0166. The van der Waals surface area contributed by atoms with Gasteiger partial charge in [0.15, 0.2) is 0 Å². The Bertz CT molecular complexity index is 1550. The molecule has 158 valence electrons. The molecular weight excluding hydrogens is 434 g/mol. The first kappa shape index (κ1) is 20.4. The lowest BCUT2D eigenvalue weighted by Gasteiger charge is -2.03. The molecule has 2 aromatic heterocycles. The Morgan fingerprint density at radius 3 is 2.61 bits per heavy atom. The van der Waals surface area contributed by atoms with Crippen LogP contribution in [-0.4, -0.2) is 9.91 Å². The van der Waals surface area contributed by atoms with Gasteiger partial charge in [-0.05, 0) is 35.0 Å². The number of nitriles is 1. The van der Waals surface area contributed by atoms with Crippen LogP contribution in [0.4, 0.5) is 5.69 Å². The molecule has 3 aromatic carbocycles. The molecule has 0 radical (unpaired) electrons. The molecule has 33 heavy (non-hydrogen) atoms. The van der Waals surface area contributed by atoms with E-state index in [1.54, 1.807) is 30.3 Å². The molecule has 0 spiro atoms. The lowest BCUT2D eigenvalue weighted by Crippen LogP contribution is -1.86. The number of non-ortho nitro benzene ring substituents is 1. The van der Waals surface area contributed by atoms with Crippen LogP contribution >= 0.6 is 11.3 Å². The molecule has 0 aliphatic carbocycles. The van der Waals surface area contributed by atoms with Crippen LogP contribution in [0.1, 0.15) is 10.8 Å². The largest absolute Gasteiger partial charge is 0.457 e. The van der Waals surface area contributed by atoms with Crippen LogP contribution < -0.4 is 0 Å². The zero-order chi connectivity index (χ0) is 22.8. The summed E-state index contributed by atoms with van der Waals surface area (Å²) in [5.74, 6) is 1.06. The van der Waals surface area contributed by atoms with Gasteiger partial charge in [-0.3, -0.25) is 10.1 Å². The number of nitro benzene ring substituents is 1. The number of aromatic nitrogens is 1. The van der Waals surface area contributed by atoms with E-state index in [-0.39, 0.29) is 5.69 Å². The molecule has 0 N–H and O–H groups in total. The Morgan fingerprint density at radius 2 is 1.82 bits per heavy atom. The van der Waals surface area contributed by atoms with Gasteiger partial charge in [0.1, 0.15) is 22.6 Å². The number of thiazole rings is 1. The summed E-state index contributed by atoms with van der Waals surface area (Å²) in [5, 5.41) is 25.4. The molecule has 7 heteroatoms. The Balaban J connectivity index is 1.44. The first-order valence-corrected chi connectivity index (χ1v) is 10.9. The zero-order valence-corrected chi connectivity index (χ0v) is 18.0.